The van der Waals surface area contributed by atoms with Crippen LogP contribution in [-0.4, -0.2) is 22.4 Å². The van der Waals surface area contributed by atoms with E-state index in [0.717, 1.165) is 10.7 Å². The van der Waals surface area contributed by atoms with Crippen LogP contribution < -0.4 is 10.2 Å². The van der Waals surface area contributed by atoms with E-state index in [1.54, 1.807) is 19.1 Å². The van der Waals surface area contributed by atoms with E-state index in [2.05, 4.69) is 20.1 Å². The predicted octanol–water partition coefficient (Wildman–Crippen LogP) is 2.83. The molecule has 0 bridgehead atoms. The minimum atomic E-state index is -0.374. The molecule has 0 radical (unpaired) electrons. The fourth-order valence-electron chi connectivity index (χ4n) is 1.45. The largest absolute Gasteiger partial charge is 0.497 e. The quantitative estimate of drug-likeness (QED) is 0.691. The van der Waals surface area contributed by atoms with E-state index < -0.39 is 0 Å². The Kier molecular flexibility index (Phi) is 4.06. The first kappa shape index (κ1) is 13.4. The number of methoxy groups -OCH3 is 1. The molecule has 1 aromatic carbocycles. The third kappa shape index (κ3) is 3.05. The zero-order valence-electron chi connectivity index (χ0n) is 10.8. The predicted molar refractivity (Wildman–Crippen MR) is 73.4 cm³/mol. The molecule has 1 N–H and O–H groups in total. The molecule has 1 heterocycles. The van der Waals surface area contributed by atoms with Gasteiger partial charge in [-0.1, -0.05) is 4.49 Å². The molecular weight excluding hydrogens is 267 g/mol. The summed E-state index contributed by atoms with van der Waals surface area (Å²) in [7, 11) is 1.50. The molecule has 0 fully saturated rings. The van der Waals surface area contributed by atoms with Crippen molar-refractivity contribution < 1.29 is 9.13 Å². The van der Waals surface area contributed by atoms with Crippen molar-refractivity contribution in [2.24, 2.45) is 5.10 Å². The van der Waals surface area contributed by atoms with Crippen molar-refractivity contribution in [3.8, 4) is 5.75 Å². The van der Waals surface area contributed by atoms with Gasteiger partial charge in [-0.05, 0) is 26.0 Å². The van der Waals surface area contributed by atoms with Crippen LogP contribution in [0.3, 0.4) is 0 Å². The first-order valence-electron chi connectivity index (χ1n) is 5.55. The minimum Gasteiger partial charge on any atom is -0.497 e. The number of aryl methyl sites for hydroxylation is 1. The number of ether oxygens (including phenoxy) is 1. The Bertz CT molecular complexity index is 612. The molecule has 0 unspecified atom stereocenters. The topological polar surface area (TPSA) is 59.4 Å². The number of nitrogens with zero attached hydrogens (tertiary/aromatic N) is 3. The average molecular weight is 280 g/mol. The number of hydrogen-bond acceptors (Lipinski definition) is 6. The zero-order chi connectivity index (χ0) is 13.8. The number of hydrazone groups is 1. The van der Waals surface area contributed by atoms with Crippen LogP contribution in [0.15, 0.2) is 23.3 Å². The van der Waals surface area contributed by atoms with Gasteiger partial charge in [-0.3, -0.25) is 5.43 Å². The highest BCUT2D eigenvalue weighted by Crippen LogP contribution is 2.19. The van der Waals surface area contributed by atoms with Gasteiger partial charge in [0.25, 0.3) is 0 Å². The van der Waals surface area contributed by atoms with Gasteiger partial charge in [-0.15, -0.1) is 5.10 Å². The van der Waals surface area contributed by atoms with E-state index in [9.17, 15) is 4.39 Å². The third-order valence-corrected chi connectivity index (χ3v) is 3.28. The van der Waals surface area contributed by atoms with E-state index in [1.165, 1.54) is 24.7 Å². The summed E-state index contributed by atoms with van der Waals surface area (Å²) in [6.07, 6.45) is 0. The van der Waals surface area contributed by atoms with E-state index in [0.29, 0.717) is 17.0 Å². The van der Waals surface area contributed by atoms with Crippen LogP contribution in [0.5, 0.6) is 5.75 Å². The average Bonchev–Trinajstić information content (AvgIpc) is 2.81. The highest BCUT2D eigenvalue weighted by atomic mass is 32.1. The molecule has 2 aromatic rings. The first-order chi connectivity index (χ1) is 9.11. The number of rotatable bonds is 4. The summed E-state index contributed by atoms with van der Waals surface area (Å²) in [4.78, 5) is 0. The second-order valence-corrected chi connectivity index (χ2v) is 4.60. The molecular formula is C12H13FN4OS. The molecule has 0 spiro atoms. The molecule has 0 aliphatic rings. The summed E-state index contributed by atoms with van der Waals surface area (Å²) in [5.41, 5.74) is 4.55. The summed E-state index contributed by atoms with van der Waals surface area (Å²) in [5, 5.41) is 8.73. The van der Waals surface area contributed by atoms with Gasteiger partial charge < -0.3 is 4.74 Å². The smallest absolute Gasteiger partial charge is 0.153 e. The van der Waals surface area contributed by atoms with Crippen LogP contribution in [0.4, 0.5) is 9.39 Å². The van der Waals surface area contributed by atoms with Crippen molar-refractivity contribution >= 4 is 22.2 Å². The molecule has 2 rings (SSSR count). The maximum Gasteiger partial charge on any atom is 0.153 e. The Morgan fingerprint density at radius 2 is 2.26 bits per heavy atom. The summed E-state index contributed by atoms with van der Waals surface area (Å²) in [5.74, 6) is 0.103. The molecule has 0 atom stereocenters. The molecule has 0 saturated heterocycles. The van der Waals surface area contributed by atoms with Crippen LogP contribution in [-0.2, 0) is 0 Å². The maximum atomic E-state index is 13.8. The number of hydrogen-bond donors (Lipinski definition) is 1. The Hall–Kier alpha value is -2.02. The third-order valence-electron chi connectivity index (χ3n) is 2.54. The lowest BCUT2D eigenvalue weighted by Crippen LogP contribution is -2.03. The Morgan fingerprint density at radius 3 is 2.84 bits per heavy atom. The van der Waals surface area contributed by atoms with Gasteiger partial charge in [0.2, 0.25) is 0 Å². The van der Waals surface area contributed by atoms with Crippen LogP contribution >= 0.6 is 11.5 Å². The van der Waals surface area contributed by atoms with Crippen molar-refractivity contribution in [3.63, 3.8) is 0 Å². The van der Waals surface area contributed by atoms with Crippen molar-refractivity contribution in [3.05, 3.63) is 35.3 Å². The summed E-state index contributed by atoms with van der Waals surface area (Å²) in [6.45, 7) is 3.55. The van der Waals surface area contributed by atoms with Gasteiger partial charge in [0, 0.05) is 23.2 Å². The van der Waals surface area contributed by atoms with Crippen molar-refractivity contribution in [2.45, 2.75) is 13.8 Å². The number of anilines is 1. The molecule has 0 saturated carbocycles. The molecule has 7 heteroatoms. The minimum absolute atomic E-state index is 0.374. The second-order valence-electron chi connectivity index (χ2n) is 3.84. The zero-order valence-corrected chi connectivity index (χ0v) is 11.6. The van der Waals surface area contributed by atoms with E-state index in [4.69, 9.17) is 4.74 Å². The summed E-state index contributed by atoms with van der Waals surface area (Å²) >= 11 is 1.20. The van der Waals surface area contributed by atoms with Gasteiger partial charge >= 0.3 is 0 Å². The van der Waals surface area contributed by atoms with E-state index >= 15 is 0 Å². The number of nitrogens with one attached hydrogen (secondary N) is 1. The molecule has 0 aliphatic carbocycles. The lowest BCUT2D eigenvalue weighted by molar-refractivity contribution is 0.411. The van der Waals surface area contributed by atoms with Crippen molar-refractivity contribution in [1.82, 2.24) is 9.59 Å². The number of halogens is 1. The van der Waals surface area contributed by atoms with Crippen LogP contribution in [0, 0.1) is 12.7 Å². The first-order valence-corrected chi connectivity index (χ1v) is 6.32. The van der Waals surface area contributed by atoms with E-state index in [1.807, 2.05) is 6.92 Å². The van der Waals surface area contributed by atoms with Gasteiger partial charge in [-0.2, -0.15) is 5.10 Å². The van der Waals surface area contributed by atoms with Gasteiger partial charge in [0.1, 0.15) is 11.6 Å². The SMILES string of the molecule is COc1ccc(C(C)=NNc2snnc2C)c(F)c1. The molecule has 100 valence electrons. The lowest BCUT2D eigenvalue weighted by atomic mass is 10.1. The molecule has 1 aromatic heterocycles. The summed E-state index contributed by atoms with van der Waals surface area (Å²) < 4.78 is 22.6. The summed E-state index contributed by atoms with van der Waals surface area (Å²) in [6, 6.07) is 4.65. The lowest BCUT2D eigenvalue weighted by Gasteiger charge is -2.05. The monoisotopic (exact) mass is 280 g/mol. The van der Waals surface area contributed by atoms with Gasteiger partial charge in [0.05, 0.1) is 18.5 Å². The Balaban J connectivity index is 2.19. The van der Waals surface area contributed by atoms with Crippen molar-refractivity contribution in [1.29, 1.82) is 0 Å². The van der Waals surface area contributed by atoms with Crippen LogP contribution in [0.25, 0.3) is 0 Å². The fourth-order valence-corrected chi connectivity index (χ4v) is 1.95. The standard InChI is InChI=1S/C12H13FN4OS/c1-7(14-16-12-8(2)15-17-19-12)10-5-4-9(18-3)6-11(10)13/h4-6,16H,1-3H3. The molecule has 0 amide bonds. The molecule has 0 aliphatic heterocycles. The number of aromatic nitrogens is 2. The molecule has 5 nitrogen and oxygen atoms in total. The van der Waals surface area contributed by atoms with Crippen molar-refractivity contribution in [2.75, 3.05) is 12.5 Å². The van der Waals surface area contributed by atoms with Gasteiger partial charge in [0.15, 0.2) is 5.00 Å². The highest BCUT2D eigenvalue weighted by molar-refractivity contribution is 7.10. The van der Waals surface area contributed by atoms with E-state index in [-0.39, 0.29) is 5.82 Å². The highest BCUT2D eigenvalue weighted by Gasteiger charge is 2.08. The van der Waals surface area contributed by atoms with Crippen LogP contribution in [0.1, 0.15) is 18.2 Å². The Morgan fingerprint density at radius 1 is 1.47 bits per heavy atom. The second kappa shape index (κ2) is 5.75. The van der Waals surface area contributed by atoms with Gasteiger partial charge in [-0.25, -0.2) is 4.39 Å². The molecule has 19 heavy (non-hydrogen) atoms. The number of benzene rings is 1. The Labute approximate surface area is 114 Å². The normalized spacial score (nSPS) is 11.5. The maximum absolute atomic E-state index is 13.8. The fraction of sp³-hybridized carbons (Fsp3) is 0.250. The van der Waals surface area contributed by atoms with Crippen LogP contribution in [0.2, 0.25) is 0 Å².